The van der Waals surface area contributed by atoms with Gasteiger partial charge in [-0.1, -0.05) is 25.0 Å². The molecule has 0 bridgehead atoms. The first-order valence-electron chi connectivity index (χ1n) is 9.38. The summed E-state index contributed by atoms with van der Waals surface area (Å²) in [6.07, 6.45) is 5.39. The average Bonchev–Trinajstić information content (AvgIpc) is 3.20. The Labute approximate surface area is 155 Å². The highest BCUT2D eigenvalue weighted by molar-refractivity contribution is 7.91. The zero-order chi connectivity index (χ0) is 18.6. The minimum absolute atomic E-state index is 0.1000. The van der Waals surface area contributed by atoms with E-state index in [1.54, 1.807) is 6.07 Å². The van der Waals surface area contributed by atoms with E-state index in [-0.39, 0.29) is 23.2 Å². The first-order valence-corrected chi connectivity index (χ1v) is 11.2. The molecule has 0 aromatic heterocycles. The van der Waals surface area contributed by atoms with E-state index in [4.69, 9.17) is 4.99 Å². The van der Waals surface area contributed by atoms with E-state index in [0.29, 0.717) is 25.6 Å². The molecule has 7 heteroatoms. The number of hydrogen-bond acceptors (Lipinski definition) is 3. The number of nitrogens with zero attached hydrogens (tertiary/aromatic N) is 2. The van der Waals surface area contributed by atoms with Gasteiger partial charge >= 0.3 is 0 Å². The Bertz CT molecular complexity index is 745. The molecule has 26 heavy (non-hydrogen) atoms. The van der Waals surface area contributed by atoms with E-state index in [0.717, 1.165) is 24.4 Å². The zero-order valence-electron chi connectivity index (χ0n) is 15.3. The summed E-state index contributed by atoms with van der Waals surface area (Å²) in [6, 6.07) is 7.00. The second-order valence-corrected chi connectivity index (χ2v) is 9.77. The van der Waals surface area contributed by atoms with Crippen LogP contribution in [0.25, 0.3) is 0 Å². The summed E-state index contributed by atoms with van der Waals surface area (Å²) in [5.41, 5.74) is 0.886. The second kappa shape index (κ2) is 8.37. The highest BCUT2D eigenvalue weighted by atomic mass is 32.2. The molecule has 2 fully saturated rings. The molecule has 1 aliphatic carbocycles. The molecule has 1 aromatic carbocycles. The molecule has 1 saturated carbocycles. The lowest BCUT2D eigenvalue weighted by molar-refractivity contribution is 0.452. The predicted molar refractivity (Wildman–Crippen MR) is 102 cm³/mol. The van der Waals surface area contributed by atoms with Crippen molar-refractivity contribution < 1.29 is 12.8 Å². The first-order chi connectivity index (χ1) is 12.4. The maximum atomic E-state index is 13.5. The Morgan fingerprint density at radius 2 is 2.08 bits per heavy atom. The Balaban J connectivity index is 1.68. The van der Waals surface area contributed by atoms with Crippen LogP contribution in [-0.4, -0.2) is 50.4 Å². The van der Waals surface area contributed by atoms with E-state index >= 15 is 0 Å². The number of benzene rings is 1. The molecule has 144 valence electrons. The maximum Gasteiger partial charge on any atom is 0.194 e. The second-order valence-electron chi connectivity index (χ2n) is 7.55. The molecular formula is C19H28FN3O2S. The van der Waals surface area contributed by atoms with Crippen LogP contribution in [0.4, 0.5) is 4.39 Å². The molecule has 0 spiro atoms. The molecular weight excluding hydrogens is 353 g/mol. The van der Waals surface area contributed by atoms with Gasteiger partial charge in [-0.25, -0.2) is 12.8 Å². The van der Waals surface area contributed by atoms with Gasteiger partial charge in [0.1, 0.15) is 5.82 Å². The normalized spacial score (nSPS) is 23.3. The number of halogens is 1. The van der Waals surface area contributed by atoms with E-state index in [9.17, 15) is 12.8 Å². The summed E-state index contributed by atoms with van der Waals surface area (Å²) in [4.78, 5) is 6.72. The minimum Gasteiger partial charge on any atom is -0.354 e. The lowest BCUT2D eigenvalue weighted by Crippen LogP contribution is -2.43. The largest absolute Gasteiger partial charge is 0.354 e. The van der Waals surface area contributed by atoms with Gasteiger partial charge in [-0.15, -0.1) is 0 Å². The third-order valence-electron chi connectivity index (χ3n) is 5.18. The monoisotopic (exact) mass is 381 g/mol. The molecule has 1 saturated heterocycles. The quantitative estimate of drug-likeness (QED) is 0.629. The third-order valence-corrected chi connectivity index (χ3v) is 7.02. The van der Waals surface area contributed by atoms with Crippen molar-refractivity contribution in [3.05, 3.63) is 35.6 Å². The molecule has 1 unspecified atom stereocenters. The van der Waals surface area contributed by atoms with E-state index < -0.39 is 9.84 Å². The Morgan fingerprint density at radius 1 is 1.31 bits per heavy atom. The third kappa shape index (κ3) is 5.43. The van der Waals surface area contributed by atoms with Gasteiger partial charge in [-0.05, 0) is 42.9 Å². The number of guanidine groups is 1. The van der Waals surface area contributed by atoms with Crippen LogP contribution >= 0.6 is 0 Å². The average molecular weight is 382 g/mol. The van der Waals surface area contributed by atoms with Crippen molar-refractivity contribution in [2.45, 2.75) is 44.7 Å². The molecule has 1 aliphatic heterocycles. The van der Waals surface area contributed by atoms with Crippen LogP contribution in [0, 0.1) is 11.7 Å². The molecule has 1 atom stereocenters. The topological polar surface area (TPSA) is 61.8 Å². The first kappa shape index (κ1) is 19.1. The number of rotatable bonds is 5. The Hall–Kier alpha value is -1.63. The highest BCUT2D eigenvalue weighted by Gasteiger charge is 2.28. The van der Waals surface area contributed by atoms with Crippen molar-refractivity contribution in [2.75, 3.05) is 25.1 Å². The summed E-state index contributed by atoms with van der Waals surface area (Å²) >= 11 is 0. The molecule has 1 N–H and O–H groups in total. The predicted octanol–water partition coefficient (Wildman–Crippen LogP) is 2.58. The van der Waals surface area contributed by atoms with Gasteiger partial charge in [0.2, 0.25) is 0 Å². The van der Waals surface area contributed by atoms with E-state index in [1.165, 1.54) is 25.0 Å². The number of nitrogens with one attached hydrogen (secondary N) is 1. The van der Waals surface area contributed by atoms with Crippen molar-refractivity contribution in [3.8, 4) is 0 Å². The van der Waals surface area contributed by atoms with Gasteiger partial charge in [0.25, 0.3) is 0 Å². The minimum atomic E-state index is -2.88. The van der Waals surface area contributed by atoms with Crippen molar-refractivity contribution in [1.82, 2.24) is 10.2 Å². The smallest absolute Gasteiger partial charge is 0.194 e. The Morgan fingerprint density at radius 3 is 2.73 bits per heavy atom. The van der Waals surface area contributed by atoms with Gasteiger partial charge in [-0.3, -0.25) is 4.99 Å². The Kier molecular flexibility index (Phi) is 6.16. The van der Waals surface area contributed by atoms with Crippen LogP contribution < -0.4 is 5.32 Å². The number of sulfone groups is 1. The summed E-state index contributed by atoms with van der Waals surface area (Å²) in [5, 5.41) is 3.53. The van der Waals surface area contributed by atoms with Crippen LogP contribution in [0.3, 0.4) is 0 Å². The molecule has 5 nitrogen and oxygen atoms in total. The van der Waals surface area contributed by atoms with Crippen LogP contribution in [0.1, 0.15) is 37.7 Å². The van der Waals surface area contributed by atoms with Gasteiger partial charge in [0, 0.05) is 26.2 Å². The molecule has 1 heterocycles. The van der Waals surface area contributed by atoms with Crippen molar-refractivity contribution in [1.29, 1.82) is 0 Å². The maximum absolute atomic E-state index is 13.5. The van der Waals surface area contributed by atoms with Gasteiger partial charge in [-0.2, -0.15) is 0 Å². The fourth-order valence-corrected chi connectivity index (χ4v) is 5.59. The van der Waals surface area contributed by atoms with Gasteiger partial charge in [0.15, 0.2) is 15.8 Å². The molecule has 0 amide bonds. The van der Waals surface area contributed by atoms with Gasteiger partial charge < -0.3 is 10.2 Å². The summed E-state index contributed by atoms with van der Waals surface area (Å²) in [7, 11) is -0.943. The summed E-state index contributed by atoms with van der Waals surface area (Å²) < 4.78 is 36.8. The SMILES string of the molecule is CN(Cc1cccc(F)c1)C(=NCC1CCS(=O)(=O)C1)NC1CCCC1. The lowest BCUT2D eigenvalue weighted by Gasteiger charge is -2.26. The van der Waals surface area contributed by atoms with Crippen molar-refractivity contribution in [2.24, 2.45) is 10.9 Å². The molecule has 2 aliphatic rings. The highest BCUT2D eigenvalue weighted by Crippen LogP contribution is 2.20. The van der Waals surface area contributed by atoms with E-state index in [2.05, 4.69) is 5.32 Å². The number of hydrogen-bond donors (Lipinski definition) is 1. The zero-order valence-corrected chi connectivity index (χ0v) is 16.1. The fraction of sp³-hybridized carbons (Fsp3) is 0.632. The van der Waals surface area contributed by atoms with E-state index in [1.807, 2.05) is 18.0 Å². The van der Waals surface area contributed by atoms with Crippen LogP contribution in [0.5, 0.6) is 0 Å². The number of aliphatic imine (C=N–C) groups is 1. The lowest BCUT2D eigenvalue weighted by atomic mass is 10.1. The van der Waals surface area contributed by atoms with Crippen LogP contribution in [0.15, 0.2) is 29.3 Å². The fourth-order valence-electron chi connectivity index (χ4n) is 3.74. The van der Waals surface area contributed by atoms with Crippen molar-refractivity contribution >= 4 is 15.8 Å². The van der Waals surface area contributed by atoms with Crippen LogP contribution in [-0.2, 0) is 16.4 Å². The summed E-state index contributed by atoms with van der Waals surface area (Å²) in [6.45, 7) is 1.07. The van der Waals surface area contributed by atoms with Gasteiger partial charge in [0.05, 0.1) is 11.5 Å². The van der Waals surface area contributed by atoms with Crippen LogP contribution in [0.2, 0.25) is 0 Å². The molecule has 3 rings (SSSR count). The standard InChI is InChI=1S/C19H28FN3O2S/c1-23(13-15-5-4-6-17(20)11-15)19(22-18-7-2-3-8-18)21-12-16-9-10-26(24,25)14-16/h4-6,11,16,18H,2-3,7-10,12-14H2,1H3,(H,21,22). The van der Waals surface area contributed by atoms with Crippen molar-refractivity contribution in [3.63, 3.8) is 0 Å². The summed E-state index contributed by atoms with van der Waals surface area (Å²) in [5.74, 6) is 1.15. The molecule has 0 radical (unpaired) electrons. The molecule has 1 aromatic rings.